The predicted octanol–water partition coefficient (Wildman–Crippen LogP) is 3.59. The zero-order chi connectivity index (χ0) is 14.1. The zero-order valence-corrected chi connectivity index (χ0v) is 13.3. The SMILES string of the molecule is CN1CCOc2cc(NC(=O)c3csc(Br)c3)ccc21. The van der Waals surface area contributed by atoms with E-state index >= 15 is 0 Å². The van der Waals surface area contributed by atoms with Crippen LogP contribution in [0.2, 0.25) is 0 Å². The minimum absolute atomic E-state index is 0.115. The fraction of sp³-hybridized carbons (Fsp3) is 0.214. The van der Waals surface area contributed by atoms with Crippen LogP contribution in [0.25, 0.3) is 0 Å². The molecule has 4 nitrogen and oxygen atoms in total. The summed E-state index contributed by atoms with van der Waals surface area (Å²) in [4.78, 5) is 14.2. The van der Waals surface area contributed by atoms with Crippen LogP contribution in [0.5, 0.6) is 5.75 Å². The molecule has 3 rings (SSSR count). The van der Waals surface area contributed by atoms with E-state index in [1.165, 1.54) is 11.3 Å². The number of fused-ring (bicyclic) bond motifs is 1. The van der Waals surface area contributed by atoms with Gasteiger partial charge in [0.15, 0.2) is 0 Å². The number of amides is 1. The van der Waals surface area contributed by atoms with E-state index in [1.807, 2.05) is 36.7 Å². The fourth-order valence-corrected chi connectivity index (χ4v) is 3.20. The van der Waals surface area contributed by atoms with Crippen molar-refractivity contribution in [2.45, 2.75) is 0 Å². The third-order valence-corrected chi connectivity index (χ3v) is 4.65. The van der Waals surface area contributed by atoms with Crippen LogP contribution < -0.4 is 15.0 Å². The molecule has 1 aromatic carbocycles. The molecule has 1 N–H and O–H groups in total. The Balaban J connectivity index is 1.80. The lowest BCUT2D eigenvalue weighted by molar-refractivity contribution is 0.102. The molecule has 2 heterocycles. The van der Waals surface area contributed by atoms with E-state index in [0.717, 1.165) is 27.5 Å². The first-order valence-electron chi connectivity index (χ1n) is 6.17. The lowest BCUT2D eigenvalue weighted by atomic mass is 10.2. The number of nitrogens with zero attached hydrogens (tertiary/aromatic N) is 1. The second-order valence-corrected chi connectivity index (χ2v) is 6.84. The summed E-state index contributed by atoms with van der Waals surface area (Å²) in [6.07, 6.45) is 0. The smallest absolute Gasteiger partial charge is 0.256 e. The summed E-state index contributed by atoms with van der Waals surface area (Å²) in [5, 5.41) is 4.71. The molecule has 1 aliphatic heterocycles. The number of benzene rings is 1. The zero-order valence-electron chi connectivity index (χ0n) is 10.9. The number of thiophene rings is 1. The van der Waals surface area contributed by atoms with Crippen molar-refractivity contribution in [3.63, 3.8) is 0 Å². The highest BCUT2D eigenvalue weighted by molar-refractivity contribution is 9.11. The maximum absolute atomic E-state index is 12.1. The molecule has 0 saturated carbocycles. The largest absolute Gasteiger partial charge is 0.489 e. The van der Waals surface area contributed by atoms with Gasteiger partial charge < -0.3 is 15.0 Å². The van der Waals surface area contributed by atoms with Crippen molar-refractivity contribution >= 4 is 44.5 Å². The third kappa shape index (κ3) is 2.66. The summed E-state index contributed by atoms with van der Waals surface area (Å²) in [6.45, 7) is 1.54. The van der Waals surface area contributed by atoms with Crippen molar-refractivity contribution in [3.8, 4) is 5.75 Å². The Morgan fingerprint density at radius 2 is 2.30 bits per heavy atom. The number of carbonyl (C=O) groups is 1. The Morgan fingerprint density at radius 3 is 3.05 bits per heavy atom. The molecule has 6 heteroatoms. The first-order chi connectivity index (χ1) is 9.63. The van der Waals surface area contributed by atoms with Crippen LogP contribution in [0.3, 0.4) is 0 Å². The van der Waals surface area contributed by atoms with Crippen LogP contribution in [0.15, 0.2) is 33.4 Å². The van der Waals surface area contributed by atoms with Gasteiger partial charge in [-0.15, -0.1) is 11.3 Å². The van der Waals surface area contributed by atoms with Gasteiger partial charge in [0, 0.05) is 24.2 Å². The molecule has 20 heavy (non-hydrogen) atoms. The standard InChI is InChI=1S/C14H13BrN2O2S/c1-17-4-5-19-12-7-10(2-3-11(12)17)16-14(18)9-6-13(15)20-8-9/h2-3,6-8H,4-5H2,1H3,(H,16,18). The first-order valence-corrected chi connectivity index (χ1v) is 7.84. The van der Waals surface area contributed by atoms with E-state index in [1.54, 1.807) is 0 Å². The maximum atomic E-state index is 12.1. The number of hydrogen-bond donors (Lipinski definition) is 1. The summed E-state index contributed by atoms with van der Waals surface area (Å²) < 4.78 is 6.57. The number of carbonyl (C=O) groups excluding carboxylic acids is 1. The van der Waals surface area contributed by atoms with Crippen molar-refractivity contribution in [1.29, 1.82) is 0 Å². The molecule has 0 saturated heterocycles. The Hall–Kier alpha value is -1.53. The van der Waals surface area contributed by atoms with Crippen LogP contribution in [-0.4, -0.2) is 26.1 Å². The summed E-state index contributed by atoms with van der Waals surface area (Å²) in [7, 11) is 2.03. The van der Waals surface area contributed by atoms with Gasteiger partial charge in [-0.3, -0.25) is 4.79 Å². The molecular weight excluding hydrogens is 340 g/mol. The van der Waals surface area contributed by atoms with Gasteiger partial charge in [0.1, 0.15) is 12.4 Å². The van der Waals surface area contributed by atoms with E-state index < -0.39 is 0 Å². The lowest BCUT2D eigenvalue weighted by Gasteiger charge is -2.27. The Morgan fingerprint density at radius 1 is 1.45 bits per heavy atom. The average Bonchev–Trinajstić information content (AvgIpc) is 2.86. The van der Waals surface area contributed by atoms with E-state index in [9.17, 15) is 4.79 Å². The fourth-order valence-electron chi connectivity index (χ4n) is 2.07. The summed E-state index contributed by atoms with van der Waals surface area (Å²) in [5.41, 5.74) is 2.44. The van der Waals surface area contributed by atoms with Gasteiger partial charge >= 0.3 is 0 Å². The average molecular weight is 353 g/mol. The van der Waals surface area contributed by atoms with Crippen LogP contribution in [0.4, 0.5) is 11.4 Å². The molecular formula is C14H13BrN2O2S. The normalized spacial score (nSPS) is 13.6. The molecule has 104 valence electrons. The van der Waals surface area contributed by atoms with Crippen molar-refractivity contribution < 1.29 is 9.53 Å². The van der Waals surface area contributed by atoms with E-state index in [0.29, 0.717) is 12.2 Å². The monoisotopic (exact) mass is 352 g/mol. The van der Waals surface area contributed by atoms with Gasteiger partial charge in [0.05, 0.1) is 21.6 Å². The Kier molecular flexibility index (Phi) is 3.67. The highest BCUT2D eigenvalue weighted by atomic mass is 79.9. The van der Waals surface area contributed by atoms with Crippen LogP contribution in [0, 0.1) is 0 Å². The maximum Gasteiger partial charge on any atom is 0.256 e. The highest BCUT2D eigenvalue weighted by Gasteiger charge is 2.16. The van der Waals surface area contributed by atoms with Crippen LogP contribution in [-0.2, 0) is 0 Å². The Bertz CT molecular complexity index is 656. The number of hydrogen-bond acceptors (Lipinski definition) is 4. The molecule has 1 amide bonds. The number of halogens is 1. The second kappa shape index (κ2) is 5.46. The molecule has 0 aliphatic carbocycles. The third-order valence-electron chi connectivity index (χ3n) is 3.14. The van der Waals surface area contributed by atoms with Crippen molar-refractivity contribution in [2.24, 2.45) is 0 Å². The van der Waals surface area contributed by atoms with E-state index in [4.69, 9.17) is 4.74 Å². The van der Waals surface area contributed by atoms with Gasteiger partial charge in [-0.05, 0) is 34.1 Å². The van der Waals surface area contributed by atoms with Crippen molar-refractivity contribution in [1.82, 2.24) is 0 Å². The molecule has 0 bridgehead atoms. The van der Waals surface area contributed by atoms with E-state index in [-0.39, 0.29) is 5.91 Å². The molecule has 1 aliphatic rings. The summed E-state index contributed by atoms with van der Waals surface area (Å²) in [5.74, 6) is 0.694. The Labute approximate surface area is 129 Å². The van der Waals surface area contributed by atoms with Gasteiger partial charge in [-0.25, -0.2) is 0 Å². The number of nitrogens with one attached hydrogen (secondary N) is 1. The highest BCUT2D eigenvalue weighted by Crippen LogP contribution is 2.33. The molecule has 0 radical (unpaired) electrons. The van der Waals surface area contributed by atoms with Gasteiger partial charge in [-0.2, -0.15) is 0 Å². The molecule has 2 aromatic rings. The van der Waals surface area contributed by atoms with Crippen LogP contribution in [0.1, 0.15) is 10.4 Å². The first kappa shape index (κ1) is 13.5. The predicted molar refractivity (Wildman–Crippen MR) is 85.2 cm³/mol. The molecule has 0 fully saturated rings. The minimum atomic E-state index is -0.115. The number of ether oxygens (including phenoxy) is 1. The van der Waals surface area contributed by atoms with Gasteiger partial charge in [0.2, 0.25) is 0 Å². The van der Waals surface area contributed by atoms with E-state index in [2.05, 4.69) is 26.1 Å². The topological polar surface area (TPSA) is 41.6 Å². The van der Waals surface area contributed by atoms with Crippen molar-refractivity contribution in [2.75, 3.05) is 30.4 Å². The molecule has 0 atom stereocenters. The number of anilines is 2. The minimum Gasteiger partial charge on any atom is -0.489 e. The molecule has 0 spiro atoms. The van der Waals surface area contributed by atoms with Gasteiger partial charge in [0.25, 0.3) is 5.91 Å². The quantitative estimate of drug-likeness (QED) is 0.897. The number of rotatable bonds is 2. The number of likely N-dealkylation sites (N-methyl/N-ethyl adjacent to an activating group) is 1. The molecule has 1 aromatic heterocycles. The second-order valence-electron chi connectivity index (χ2n) is 4.55. The van der Waals surface area contributed by atoms with Crippen molar-refractivity contribution in [3.05, 3.63) is 39.0 Å². The lowest BCUT2D eigenvalue weighted by Crippen LogP contribution is -2.28. The van der Waals surface area contributed by atoms with Crippen LogP contribution >= 0.6 is 27.3 Å². The summed E-state index contributed by atoms with van der Waals surface area (Å²) in [6, 6.07) is 7.53. The summed E-state index contributed by atoms with van der Waals surface area (Å²) >= 11 is 4.85. The molecule has 0 unspecified atom stereocenters. The van der Waals surface area contributed by atoms with Gasteiger partial charge in [-0.1, -0.05) is 0 Å².